The Bertz CT molecular complexity index is 530. The Kier molecular flexibility index (Phi) is 3.74. The summed E-state index contributed by atoms with van der Waals surface area (Å²) in [7, 11) is 3.52. The zero-order valence-corrected chi connectivity index (χ0v) is 10.5. The lowest BCUT2D eigenvalue weighted by Crippen LogP contribution is -2.14. The second-order valence-corrected chi connectivity index (χ2v) is 3.81. The Hall–Kier alpha value is -2.14. The third kappa shape index (κ3) is 2.41. The van der Waals surface area contributed by atoms with Gasteiger partial charge in [-0.25, -0.2) is 9.97 Å². The predicted molar refractivity (Wildman–Crippen MR) is 71.0 cm³/mol. The smallest absolute Gasteiger partial charge is 0.218 e. The molecule has 0 aliphatic heterocycles. The Morgan fingerprint density at radius 3 is 2.78 bits per heavy atom. The molecule has 0 spiro atoms. The van der Waals surface area contributed by atoms with Crippen molar-refractivity contribution in [1.29, 1.82) is 0 Å². The maximum absolute atomic E-state index is 5.74. The molecule has 1 aromatic heterocycles. The van der Waals surface area contributed by atoms with Gasteiger partial charge in [0.15, 0.2) is 0 Å². The minimum atomic E-state index is 0.489. The number of aromatic nitrogens is 2. The van der Waals surface area contributed by atoms with Gasteiger partial charge >= 0.3 is 0 Å². The van der Waals surface area contributed by atoms with Gasteiger partial charge in [-0.2, -0.15) is 0 Å². The Balaban J connectivity index is 2.37. The molecule has 0 fully saturated rings. The standard InChI is InChI=1S/C13H16N4O/c1-17(11-6-4-3-5-10(11)8-14)12-7-13(18-2)16-9-15-12/h3-7,9H,8,14H2,1-2H3. The van der Waals surface area contributed by atoms with E-state index in [0.717, 1.165) is 17.1 Å². The zero-order chi connectivity index (χ0) is 13.0. The van der Waals surface area contributed by atoms with Gasteiger partial charge in [0.25, 0.3) is 0 Å². The average molecular weight is 244 g/mol. The fourth-order valence-electron chi connectivity index (χ4n) is 1.76. The number of nitrogens with zero attached hydrogens (tertiary/aromatic N) is 3. The molecule has 1 heterocycles. The molecule has 18 heavy (non-hydrogen) atoms. The quantitative estimate of drug-likeness (QED) is 0.887. The van der Waals surface area contributed by atoms with Crippen LogP contribution in [0.15, 0.2) is 36.7 Å². The van der Waals surface area contributed by atoms with Crippen molar-refractivity contribution < 1.29 is 4.74 Å². The molecule has 94 valence electrons. The van der Waals surface area contributed by atoms with E-state index in [-0.39, 0.29) is 0 Å². The Morgan fingerprint density at radius 1 is 1.28 bits per heavy atom. The molecule has 0 unspecified atom stereocenters. The zero-order valence-electron chi connectivity index (χ0n) is 10.5. The van der Waals surface area contributed by atoms with Crippen LogP contribution in [0.25, 0.3) is 0 Å². The number of rotatable bonds is 4. The summed E-state index contributed by atoms with van der Waals surface area (Å²) < 4.78 is 5.09. The number of nitrogens with two attached hydrogens (primary N) is 1. The summed E-state index contributed by atoms with van der Waals surface area (Å²) in [6.45, 7) is 0.489. The molecule has 2 aromatic rings. The van der Waals surface area contributed by atoms with E-state index >= 15 is 0 Å². The highest BCUT2D eigenvalue weighted by atomic mass is 16.5. The summed E-state index contributed by atoms with van der Waals surface area (Å²) in [6.07, 6.45) is 1.48. The summed E-state index contributed by atoms with van der Waals surface area (Å²) >= 11 is 0. The SMILES string of the molecule is COc1cc(N(C)c2ccccc2CN)ncn1. The van der Waals surface area contributed by atoms with E-state index in [2.05, 4.69) is 9.97 Å². The van der Waals surface area contributed by atoms with E-state index in [1.807, 2.05) is 36.2 Å². The third-order valence-electron chi connectivity index (χ3n) is 2.75. The van der Waals surface area contributed by atoms with Crippen LogP contribution in [0.5, 0.6) is 5.88 Å². The van der Waals surface area contributed by atoms with Crippen LogP contribution >= 0.6 is 0 Å². The molecule has 5 heteroatoms. The minimum absolute atomic E-state index is 0.489. The van der Waals surface area contributed by atoms with Crippen molar-refractivity contribution in [3.8, 4) is 5.88 Å². The first kappa shape index (κ1) is 12.3. The van der Waals surface area contributed by atoms with Crippen LogP contribution < -0.4 is 15.4 Å². The fraction of sp³-hybridized carbons (Fsp3) is 0.231. The maximum Gasteiger partial charge on any atom is 0.218 e. The Labute approximate surface area is 106 Å². The van der Waals surface area contributed by atoms with E-state index in [1.165, 1.54) is 6.33 Å². The molecule has 0 saturated heterocycles. The minimum Gasteiger partial charge on any atom is -0.481 e. The van der Waals surface area contributed by atoms with Crippen LogP contribution in [0.1, 0.15) is 5.56 Å². The van der Waals surface area contributed by atoms with Crippen LogP contribution in [0, 0.1) is 0 Å². The number of hydrogen-bond acceptors (Lipinski definition) is 5. The van der Waals surface area contributed by atoms with Crippen LogP contribution in [-0.4, -0.2) is 24.1 Å². The average Bonchev–Trinajstić information content (AvgIpc) is 2.46. The van der Waals surface area contributed by atoms with Gasteiger partial charge in [0, 0.05) is 25.3 Å². The van der Waals surface area contributed by atoms with Crippen molar-refractivity contribution in [2.24, 2.45) is 5.73 Å². The first-order chi connectivity index (χ1) is 8.76. The number of methoxy groups -OCH3 is 1. The predicted octanol–water partition coefficient (Wildman–Crippen LogP) is 1.71. The summed E-state index contributed by atoms with van der Waals surface area (Å²) in [5, 5.41) is 0. The highest BCUT2D eigenvalue weighted by Gasteiger charge is 2.10. The largest absolute Gasteiger partial charge is 0.481 e. The number of ether oxygens (including phenoxy) is 1. The maximum atomic E-state index is 5.74. The molecular formula is C13H16N4O. The summed E-state index contributed by atoms with van der Waals surface area (Å²) in [4.78, 5) is 10.2. The second-order valence-electron chi connectivity index (χ2n) is 3.81. The van der Waals surface area contributed by atoms with Crippen LogP contribution in [-0.2, 0) is 6.54 Å². The highest BCUT2D eigenvalue weighted by molar-refractivity contribution is 5.63. The Morgan fingerprint density at radius 2 is 2.06 bits per heavy atom. The number of para-hydroxylation sites is 1. The van der Waals surface area contributed by atoms with Crippen molar-refractivity contribution in [3.05, 3.63) is 42.2 Å². The number of hydrogen-bond donors (Lipinski definition) is 1. The van der Waals surface area contributed by atoms with E-state index < -0.39 is 0 Å². The molecule has 1 aromatic carbocycles. The molecule has 0 atom stereocenters. The van der Waals surface area contributed by atoms with Gasteiger partial charge in [0.05, 0.1) is 7.11 Å². The molecule has 0 bridgehead atoms. The molecule has 2 rings (SSSR count). The van der Waals surface area contributed by atoms with E-state index in [0.29, 0.717) is 12.4 Å². The molecule has 0 aliphatic carbocycles. The third-order valence-corrected chi connectivity index (χ3v) is 2.75. The van der Waals surface area contributed by atoms with Crippen molar-refractivity contribution in [2.75, 3.05) is 19.1 Å². The number of benzene rings is 1. The highest BCUT2D eigenvalue weighted by Crippen LogP contribution is 2.26. The fourth-order valence-corrected chi connectivity index (χ4v) is 1.76. The molecular weight excluding hydrogens is 228 g/mol. The van der Waals surface area contributed by atoms with E-state index in [1.54, 1.807) is 13.2 Å². The van der Waals surface area contributed by atoms with Crippen LogP contribution in [0.3, 0.4) is 0 Å². The first-order valence-corrected chi connectivity index (χ1v) is 5.64. The first-order valence-electron chi connectivity index (χ1n) is 5.64. The van der Waals surface area contributed by atoms with Crippen LogP contribution in [0.4, 0.5) is 11.5 Å². The van der Waals surface area contributed by atoms with Crippen molar-refractivity contribution >= 4 is 11.5 Å². The lowest BCUT2D eigenvalue weighted by molar-refractivity contribution is 0.397. The van der Waals surface area contributed by atoms with Crippen molar-refractivity contribution in [1.82, 2.24) is 9.97 Å². The summed E-state index contributed by atoms with van der Waals surface area (Å²) in [5.74, 6) is 1.31. The topological polar surface area (TPSA) is 64.3 Å². The van der Waals surface area contributed by atoms with Gasteiger partial charge in [-0.15, -0.1) is 0 Å². The van der Waals surface area contributed by atoms with Gasteiger partial charge < -0.3 is 15.4 Å². The van der Waals surface area contributed by atoms with Crippen molar-refractivity contribution in [2.45, 2.75) is 6.54 Å². The molecule has 0 saturated carbocycles. The molecule has 0 amide bonds. The lowest BCUT2D eigenvalue weighted by Gasteiger charge is -2.21. The monoisotopic (exact) mass is 244 g/mol. The van der Waals surface area contributed by atoms with Gasteiger partial charge in [0.2, 0.25) is 5.88 Å². The second kappa shape index (κ2) is 5.46. The van der Waals surface area contributed by atoms with Crippen molar-refractivity contribution in [3.63, 3.8) is 0 Å². The molecule has 5 nitrogen and oxygen atoms in total. The summed E-state index contributed by atoms with van der Waals surface area (Å²) in [5.41, 5.74) is 7.83. The lowest BCUT2D eigenvalue weighted by atomic mass is 10.1. The van der Waals surface area contributed by atoms with Crippen LogP contribution in [0.2, 0.25) is 0 Å². The molecule has 0 radical (unpaired) electrons. The van der Waals surface area contributed by atoms with Gasteiger partial charge in [0.1, 0.15) is 12.1 Å². The van der Waals surface area contributed by atoms with Gasteiger partial charge in [-0.3, -0.25) is 0 Å². The van der Waals surface area contributed by atoms with E-state index in [4.69, 9.17) is 10.5 Å². The van der Waals surface area contributed by atoms with E-state index in [9.17, 15) is 0 Å². The molecule has 2 N–H and O–H groups in total. The summed E-state index contributed by atoms with van der Waals surface area (Å²) in [6, 6.07) is 9.75. The van der Waals surface area contributed by atoms with Gasteiger partial charge in [-0.05, 0) is 11.6 Å². The molecule has 0 aliphatic rings. The number of anilines is 2. The normalized spacial score (nSPS) is 10.2. The van der Waals surface area contributed by atoms with Gasteiger partial charge in [-0.1, -0.05) is 18.2 Å².